The van der Waals surface area contributed by atoms with E-state index in [1.54, 1.807) is 0 Å². The first-order valence-corrected chi connectivity index (χ1v) is 5.67. The van der Waals surface area contributed by atoms with Crippen LogP contribution in [0.2, 0.25) is 0 Å². The molecule has 1 aliphatic rings. The van der Waals surface area contributed by atoms with Crippen molar-refractivity contribution in [1.82, 2.24) is 5.32 Å². The molecule has 0 bridgehead atoms. The molecule has 3 N–H and O–H groups in total. The average Bonchev–Trinajstić information content (AvgIpc) is 2.18. The van der Waals surface area contributed by atoms with Gasteiger partial charge in [-0.15, -0.1) is 0 Å². The van der Waals surface area contributed by atoms with Crippen molar-refractivity contribution in [2.24, 2.45) is 11.7 Å². The monoisotopic (exact) mass is 215 g/mol. The number of nitrogens with two attached hydrogens (primary N) is 1. The van der Waals surface area contributed by atoms with E-state index >= 15 is 0 Å². The highest BCUT2D eigenvalue weighted by Gasteiger charge is 2.28. The minimum atomic E-state index is -0.304. The molecule has 1 fully saturated rings. The highest BCUT2D eigenvalue weighted by atomic mass is 16.6. The molecule has 0 heterocycles. The van der Waals surface area contributed by atoms with Crippen LogP contribution in [-0.4, -0.2) is 30.6 Å². The van der Waals surface area contributed by atoms with Crippen molar-refractivity contribution in [3.63, 3.8) is 0 Å². The first-order valence-electron chi connectivity index (χ1n) is 5.67. The lowest BCUT2D eigenvalue weighted by Crippen LogP contribution is -2.35. The number of nitrogens with one attached hydrogen (secondary N) is 1. The van der Waals surface area contributed by atoms with E-state index in [4.69, 9.17) is 5.73 Å². The SMILES string of the molecule is CNCC(N)CC1CCC([N+](=O)[O-])CC1. The Morgan fingerprint density at radius 1 is 1.47 bits per heavy atom. The van der Waals surface area contributed by atoms with Gasteiger partial charge in [0.2, 0.25) is 6.04 Å². The second kappa shape index (κ2) is 6.02. The van der Waals surface area contributed by atoms with E-state index in [0.717, 1.165) is 38.6 Å². The van der Waals surface area contributed by atoms with Gasteiger partial charge in [0.1, 0.15) is 0 Å². The third kappa shape index (κ3) is 4.13. The summed E-state index contributed by atoms with van der Waals surface area (Å²) in [5.74, 6) is 0.588. The van der Waals surface area contributed by atoms with Crippen LogP contribution >= 0.6 is 0 Å². The molecule has 0 aromatic carbocycles. The summed E-state index contributed by atoms with van der Waals surface area (Å²) in [5, 5.41) is 13.6. The van der Waals surface area contributed by atoms with Gasteiger partial charge in [0, 0.05) is 30.4 Å². The van der Waals surface area contributed by atoms with E-state index < -0.39 is 0 Å². The summed E-state index contributed by atoms with van der Waals surface area (Å²) in [6.45, 7) is 0.829. The van der Waals surface area contributed by atoms with Crippen LogP contribution in [0.1, 0.15) is 32.1 Å². The topological polar surface area (TPSA) is 81.2 Å². The van der Waals surface area contributed by atoms with Gasteiger partial charge in [-0.25, -0.2) is 0 Å². The average molecular weight is 215 g/mol. The van der Waals surface area contributed by atoms with Gasteiger partial charge in [-0.3, -0.25) is 10.1 Å². The van der Waals surface area contributed by atoms with Crippen LogP contribution in [0.25, 0.3) is 0 Å². The van der Waals surface area contributed by atoms with E-state index in [-0.39, 0.29) is 17.0 Å². The molecular weight excluding hydrogens is 194 g/mol. The summed E-state index contributed by atoms with van der Waals surface area (Å²) < 4.78 is 0. The first-order chi connectivity index (χ1) is 7.13. The summed E-state index contributed by atoms with van der Waals surface area (Å²) in [4.78, 5) is 10.4. The zero-order valence-corrected chi connectivity index (χ0v) is 9.32. The van der Waals surface area contributed by atoms with Gasteiger partial charge in [-0.1, -0.05) is 0 Å². The highest BCUT2D eigenvalue weighted by Crippen LogP contribution is 2.28. The maximum atomic E-state index is 10.6. The second-order valence-electron chi connectivity index (χ2n) is 4.51. The van der Waals surface area contributed by atoms with E-state index in [1.807, 2.05) is 7.05 Å². The molecule has 1 unspecified atom stereocenters. The van der Waals surface area contributed by atoms with E-state index in [0.29, 0.717) is 5.92 Å². The largest absolute Gasteiger partial charge is 0.327 e. The van der Waals surface area contributed by atoms with Gasteiger partial charge < -0.3 is 11.1 Å². The molecule has 1 saturated carbocycles. The molecule has 0 saturated heterocycles. The Kier molecular flexibility index (Phi) is 4.98. The van der Waals surface area contributed by atoms with Crippen molar-refractivity contribution in [2.45, 2.75) is 44.2 Å². The third-order valence-electron chi connectivity index (χ3n) is 3.22. The number of rotatable bonds is 5. The van der Waals surface area contributed by atoms with Gasteiger partial charge in [-0.05, 0) is 32.2 Å². The van der Waals surface area contributed by atoms with Crippen LogP contribution in [0.15, 0.2) is 0 Å². The first kappa shape index (κ1) is 12.4. The zero-order valence-electron chi connectivity index (χ0n) is 9.32. The van der Waals surface area contributed by atoms with Crippen molar-refractivity contribution < 1.29 is 4.92 Å². The summed E-state index contributed by atoms with van der Waals surface area (Å²) >= 11 is 0. The third-order valence-corrected chi connectivity index (χ3v) is 3.22. The fourth-order valence-corrected chi connectivity index (χ4v) is 2.37. The van der Waals surface area contributed by atoms with Gasteiger partial charge in [0.15, 0.2) is 0 Å². The van der Waals surface area contributed by atoms with Crippen molar-refractivity contribution in [1.29, 1.82) is 0 Å². The van der Waals surface area contributed by atoms with Gasteiger partial charge >= 0.3 is 0 Å². The molecule has 5 heteroatoms. The van der Waals surface area contributed by atoms with Crippen LogP contribution in [-0.2, 0) is 0 Å². The molecule has 5 nitrogen and oxygen atoms in total. The molecule has 0 amide bonds. The van der Waals surface area contributed by atoms with Crippen LogP contribution in [0.5, 0.6) is 0 Å². The molecule has 0 spiro atoms. The molecule has 15 heavy (non-hydrogen) atoms. The Morgan fingerprint density at radius 3 is 2.53 bits per heavy atom. The van der Waals surface area contributed by atoms with Crippen LogP contribution < -0.4 is 11.1 Å². The Hall–Kier alpha value is -0.680. The maximum Gasteiger partial charge on any atom is 0.213 e. The quantitative estimate of drug-likeness (QED) is 0.524. The maximum absolute atomic E-state index is 10.6. The zero-order chi connectivity index (χ0) is 11.3. The number of hydrogen-bond donors (Lipinski definition) is 2. The van der Waals surface area contributed by atoms with Crippen molar-refractivity contribution in [3.8, 4) is 0 Å². The normalized spacial score (nSPS) is 28.7. The summed E-state index contributed by atoms with van der Waals surface area (Å²) in [5.41, 5.74) is 5.91. The Morgan fingerprint density at radius 2 is 2.07 bits per heavy atom. The summed E-state index contributed by atoms with van der Waals surface area (Å²) in [7, 11) is 1.89. The molecule has 0 radical (unpaired) electrons. The number of nitro groups is 1. The van der Waals surface area contributed by atoms with Crippen LogP contribution in [0.3, 0.4) is 0 Å². The van der Waals surface area contributed by atoms with Gasteiger partial charge in [0.05, 0.1) is 0 Å². The molecule has 1 atom stereocenters. The van der Waals surface area contributed by atoms with E-state index in [1.165, 1.54) is 0 Å². The Balaban J connectivity index is 2.22. The molecule has 0 aromatic heterocycles. The smallest absolute Gasteiger partial charge is 0.213 e. The van der Waals surface area contributed by atoms with Crippen molar-refractivity contribution in [3.05, 3.63) is 10.1 Å². The standard InChI is InChI=1S/C10H21N3O2/c1-12-7-9(11)6-8-2-4-10(5-3-8)13(14)15/h8-10,12H,2-7,11H2,1H3. The molecule has 0 aliphatic heterocycles. The van der Waals surface area contributed by atoms with E-state index in [9.17, 15) is 10.1 Å². The lowest BCUT2D eigenvalue weighted by atomic mass is 9.82. The minimum Gasteiger partial charge on any atom is -0.327 e. The lowest BCUT2D eigenvalue weighted by Gasteiger charge is -2.26. The molecule has 88 valence electrons. The predicted molar refractivity (Wildman–Crippen MR) is 59.3 cm³/mol. The molecular formula is C10H21N3O2. The van der Waals surface area contributed by atoms with E-state index in [2.05, 4.69) is 5.32 Å². The minimum absolute atomic E-state index is 0.135. The second-order valence-corrected chi connectivity index (χ2v) is 4.51. The van der Waals surface area contributed by atoms with Crippen molar-refractivity contribution in [2.75, 3.05) is 13.6 Å². The fraction of sp³-hybridized carbons (Fsp3) is 1.00. The van der Waals surface area contributed by atoms with Gasteiger partial charge in [-0.2, -0.15) is 0 Å². The molecule has 1 rings (SSSR count). The number of hydrogen-bond acceptors (Lipinski definition) is 4. The fourth-order valence-electron chi connectivity index (χ4n) is 2.37. The van der Waals surface area contributed by atoms with Crippen LogP contribution in [0.4, 0.5) is 0 Å². The molecule has 1 aliphatic carbocycles. The van der Waals surface area contributed by atoms with Gasteiger partial charge in [0.25, 0.3) is 0 Å². The van der Waals surface area contributed by atoms with Crippen LogP contribution in [0, 0.1) is 16.0 Å². The van der Waals surface area contributed by atoms with Crippen molar-refractivity contribution >= 4 is 0 Å². The lowest BCUT2D eigenvalue weighted by molar-refractivity contribution is -0.527. The molecule has 0 aromatic rings. The highest BCUT2D eigenvalue weighted by molar-refractivity contribution is 4.76. The summed E-state index contributed by atoms with van der Waals surface area (Å²) in [6.07, 6.45) is 4.37. The number of nitrogens with zero attached hydrogens (tertiary/aromatic N) is 1. The summed E-state index contributed by atoms with van der Waals surface area (Å²) in [6, 6.07) is -0.117. The Labute approximate surface area is 90.6 Å². The predicted octanol–water partition coefficient (Wildman–Crippen LogP) is 0.759. The number of likely N-dealkylation sites (N-methyl/N-ethyl adjacent to an activating group) is 1. The Bertz CT molecular complexity index is 203.